The Morgan fingerprint density at radius 3 is 3.12 bits per heavy atom. The Morgan fingerprint density at radius 1 is 1.41 bits per heavy atom. The molecule has 3 nitrogen and oxygen atoms in total. The van der Waals surface area contributed by atoms with Crippen molar-refractivity contribution in [3.8, 4) is 0 Å². The van der Waals surface area contributed by atoms with Crippen molar-refractivity contribution in [2.45, 2.75) is 32.9 Å². The lowest BCUT2D eigenvalue weighted by molar-refractivity contribution is 0.556. The molecule has 1 N–H and O–H groups in total. The summed E-state index contributed by atoms with van der Waals surface area (Å²) in [6, 6.07) is 4.28. The number of nitrogens with zero attached hydrogens (tertiary/aromatic N) is 2. The molecule has 2 aromatic rings. The lowest BCUT2D eigenvalue weighted by Gasteiger charge is -2.07. The van der Waals surface area contributed by atoms with Crippen molar-refractivity contribution in [2.75, 3.05) is 6.54 Å². The minimum atomic E-state index is 0.914. The highest BCUT2D eigenvalue weighted by Crippen LogP contribution is 2.08. The summed E-state index contributed by atoms with van der Waals surface area (Å²) in [5.41, 5.74) is 2.67. The maximum Gasteiger partial charge on any atom is 0.0522 e. The van der Waals surface area contributed by atoms with Crippen molar-refractivity contribution in [1.82, 2.24) is 15.1 Å². The highest BCUT2D eigenvalue weighted by atomic mass is 32.1. The SMILES string of the molecule is CCCNCc1ccnn1CCc1ccsc1. The van der Waals surface area contributed by atoms with Crippen molar-refractivity contribution in [3.63, 3.8) is 0 Å². The molecule has 0 saturated heterocycles. The molecule has 4 heteroatoms. The highest BCUT2D eigenvalue weighted by molar-refractivity contribution is 7.07. The van der Waals surface area contributed by atoms with E-state index < -0.39 is 0 Å². The molecule has 0 atom stereocenters. The Labute approximate surface area is 106 Å². The fraction of sp³-hybridized carbons (Fsp3) is 0.462. The predicted octanol–water partition coefficient (Wildman–Crippen LogP) is 2.69. The molecule has 0 radical (unpaired) electrons. The number of hydrogen-bond donors (Lipinski definition) is 1. The van der Waals surface area contributed by atoms with Gasteiger partial charge in [0.2, 0.25) is 0 Å². The standard InChI is InChI=1S/C13H19N3S/c1-2-6-14-10-13-3-7-15-16(13)8-4-12-5-9-17-11-12/h3,5,7,9,11,14H,2,4,6,8,10H2,1H3. The summed E-state index contributed by atoms with van der Waals surface area (Å²) in [6.45, 7) is 5.13. The molecule has 2 heterocycles. The summed E-state index contributed by atoms with van der Waals surface area (Å²) >= 11 is 1.76. The smallest absolute Gasteiger partial charge is 0.0522 e. The second-order valence-electron chi connectivity index (χ2n) is 4.10. The van der Waals surface area contributed by atoms with Crippen LogP contribution in [-0.2, 0) is 19.5 Å². The van der Waals surface area contributed by atoms with E-state index in [-0.39, 0.29) is 0 Å². The minimum Gasteiger partial charge on any atom is -0.311 e. The van der Waals surface area contributed by atoms with Crippen molar-refractivity contribution in [3.05, 3.63) is 40.3 Å². The zero-order valence-electron chi connectivity index (χ0n) is 10.2. The summed E-state index contributed by atoms with van der Waals surface area (Å²) in [5, 5.41) is 12.1. The van der Waals surface area contributed by atoms with Gasteiger partial charge in [0.15, 0.2) is 0 Å². The normalized spacial score (nSPS) is 10.9. The fourth-order valence-corrected chi connectivity index (χ4v) is 2.48. The third-order valence-corrected chi connectivity index (χ3v) is 3.46. The summed E-state index contributed by atoms with van der Waals surface area (Å²) in [6.07, 6.45) is 4.12. The largest absolute Gasteiger partial charge is 0.311 e. The molecular weight excluding hydrogens is 230 g/mol. The van der Waals surface area contributed by atoms with Gasteiger partial charge in [-0.1, -0.05) is 6.92 Å². The molecule has 2 aromatic heterocycles. The average Bonchev–Trinajstić information content (AvgIpc) is 2.97. The van der Waals surface area contributed by atoms with Gasteiger partial charge in [0.1, 0.15) is 0 Å². The van der Waals surface area contributed by atoms with E-state index in [2.05, 4.69) is 44.9 Å². The van der Waals surface area contributed by atoms with Crippen LogP contribution < -0.4 is 5.32 Å². The summed E-state index contributed by atoms with van der Waals surface area (Å²) in [5.74, 6) is 0. The lowest BCUT2D eigenvalue weighted by Crippen LogP contribution is -2.18. The van der Waals surface area contributed by atoms with Crippen molar-refractivity contribution in [1.29, 1.82) is 0 Å². The average molecular weight is 249 g/mol. The molecule has 0 fully saturated rings. The molecule has 0 aromatic carbocycles. The Bertz CT molecular complexity index is 420. The van der Waals surface area contributed by atoms with Gasteiger partial charge in [-0.2, -0.15) is 16.4 Å². The van der Waals surface area contributed by atoms with Gasteiger partial charge in [-0.15, -0.1) is 0 Å². The van der Waals surface area contributed by atoms with Crippen LogP contribution >= 0.6 is 11.3 Å². The number of rotatable bonds is 7. The van der Waals surface area contributed by atoms with Gasteiger partial charge in [-0.3, -0.25) is 4.68 Å². The van der Waals surface area contributed by atoms with Crippen LogP contribution in [-0.4, -0.2) is 16.3 Å². The van der Waals surface area contributed by atoms with E-state index in [1.807, 2.05) is 6.20 Å². The van der Waals surface area contributed by atoms with Crippen LogP contribution in [0.2, 0.25) is 0 Å². The third kappa shape index (κ3) is 3.68. The zero-order chi connectivity index (χ0) is 11.9. The quantitative estimate of drug-likeness (QED) is 0.765. The summed E-state index contributed by atoms with van der Waals surface area (Å²) in [7, 11) is 0. The van der Waals surface area contributed by atoms with Gasteiger partial charge >= 0.3 is 0 Å². The summed E-state index contributed by atoms with van der Waals surface area (Å²) in [4.78, 5) is 0. The minimum absolute atomic E-state index is 0.914. The molecule has 0 aliphatic rings. The number of nitrogens with one attached hydrogen (secondary N) is 1. The second kappa shape index (κ2) is 6.57. The first kappa shape index (κ1) is 12.3. The van der Waals surface area contributed by atoms with Crippen molar-refractivity contribution < 1.29 is 0 Å². The monoisotopic (exact) mass is 249 g/mol. The molecule has 0 aliphatic carbocycles. The van der Waals surface area contributed by atoms with Gasteiger partial charge < -0.3 is 5.32 Å². The van der Waals surface area contributed by atoms with Crippen LogP contribution in [0.5, 0.6) is 0 Å². The molecule has 92 valence electrons. The lowest BCUT2D eigenvalue weighted by atomic mass is 10.2. The van der Waals surface area contributed by atoms with E-state index in [1.165, 1.54) is 17.7 Å². The second-order valence-corrected chi connectivity index (χ2v) is 4.88. The topological polar surface area (TPSA) is 29.9 Å². The first-order valence-electron chi connectivity index (χ1n) is 6.12. The van der Waals surface area contributed by atoms with Crippen LogP contribution in [0.15, 0.2) is 29.1 Å². The van der Waals surface area contributed by atoms with Gasteiger partial charge in [0, 0.05) is 19.3 Å². The zero-order valence-corrected chi connectivity index (χ0v) is 11.0. The van der Waals surface area contributed by atoms with E-state index in [0.717, 1.165) is 26.1 Å². The van der Waals surface area contributed by atoms with Crippen LogP contribution in [0.3, 0.4) is 0 Å². The molecular formula is C13H19N3S. The first-order valence-corrected chi connectivity index (χ1v) is 7.07. The van der Waals surface area contributed by atoms with Gasteiger partial charge in [0.05, 0.1) is 5.69 Å². The Kier molecular flexibility index (Phi) is 4.76. The maximum absolute atomic E-state index is 4.37. The molecule has 0 spiro atoms. The number of aryl methyl sites for hydroxylation is 2. The van der Waals surface area contributed by atoms with Crippen molar-refractivity contribution in [2.24, 2.45) is 0 Å². The number of thiophene rings is 1. The van der Waals surface area contributed by atoms with Gasteiger partial charge in [0.25, 0.3) is 0 Å². The Hall–Kier alpha value is -1.13. The predicted molar refractivity (Wildman–Crippen MR) is 72.2 cm³/mol. The molecule has 17 heavy (non-hydrogen) atoms. The highest BCUT2D eigenvalue weighted by Gasteiger charge is 2.02. The molecule has 0 amide bonds. The van der Waals surface area contributed by atoms with Crippen molar-refractivity contribution >= 4 is 11.3 Å². The maximum atomic E-state index is 4.37. The van der Waals surface area contributed by atoms with Crippen LogP contribution in [0.4, 0.5) is 0 Å². The van der Waals surface area contributed by atoms with Crippen LogP contribution in [0, 0.1) is 0 Å². The molecule has 2 rings (SSSR count). The van der Waals surface area contributed by atoms with E-state index >= 15 is 0 Å². The third-order valence-electron chi connectivity index (χ3n) is 2.73. The molecule has 0 saturated carbocycles. The van der Waals surface area contributed by atoms with E-state index in [9.17, 15) is 0 Å². The Balaban J connectivity index is 1.85. The number of aromatic nitrogens is 2. The number of hydrogen-bond acceptors (Lipinski definition) is 3. The molecule has 0 aliphatic heterocycles. The Morgan fingerprint density at radius 2 is 2.35 bits per heavy atom. The van der Waals surface area contributed by atoms with Crippen LogP contribution in [0.1, 0.15) is 24.6 Å². The molecule has 0 unspecified atom stereocenters. The van der Waals surface area contributed by atoms with E-state index in [0.29, 0.717) is 0 Å². The summed E-state index contributed by atoms with van der Waals surface area (Å²) < 4.78 is 2.10. The van der Waals surface area contributed by atoms with Crippen LogP contribution in [0.25, 0.3) is 0 Å². The van der Waals surface area contributed by atoms with E-state index in [1.54, 1.807) is 11.3 Å². The van der Waals surface area contributed by atoms with E-state index in [4.69, 9.17) is 0 Å². The van der Waals surface area contributed by atoms with Gasteiger partial charge in [-0.25, -0.2) is 0 Å². The molecule has 0 bridgehead atoms. The van der Waals surface area contributed by atoms with Gasteiger partial charge in [-0.05, 0) is 47.8 Å². The first-order chi connectivity index (χ1) is 8.40. The fourth-order valence-electron chi connectivity index (χ4n) is 1.77.